The van der Waals surface area contributed by atoms with E-state index in [0.29, 0.717) is 5.69 Å². The average molecular weight is 348 g/mol. The number of carbonyl (C=O) groups excluding carboxylic acids is 1. The molecule has 110 valence electrons. The van der Waals surface area contributed by atoms with Crippen molar-refractivity contribution in [2.45, 2.75) is 19.9 Å². The smallest absolute Gasteiger partial charge is 0.316 e. The van der Waals surface area contributed by atoms with Crippen molar-refractivity contribution in [3.8, 4) is 0 Å². The van der Waals surface area contributed by atoms with E-state index >= 15 is 0 Å². The molecule has 0 aliphatic rings. The largest absolute Gasteiger partial charge is 0.378 e. The highest BCUT2D eigenvalue weighted by atomic mass is 79.9. The standard InChI is InChI=1S/C16H18BrN3O/c1-10-9-13(17)5-8-15(10)19-11(2)12-3-6-14(7-4-12)20-16(18)21/h3-9,11,19H,1-2H3,(H3,18,20,21). The molecule has 2 rings (SSSR count). The summed E-state index contributed by atoms with van der Waals surface area (Å²) >= 11 is 3.46. The van der Waals surface area contributed by atoms with Gasteiger partial charge in [-0.15, -0.1) is 0 Å². The average Bonchev–Trinajstić information content (AvgIpc) is 2.42. The first-order valence-electron chi connectivity index (χ1n) is 6.65. The monoisotopic (exact) mass is 347 g/mol. The van der Waals surface area contributed by atoms with Crippen LogP contribution in [0.25, 0.3) is 0 Å². The predicted octanol–water partition coefficient (Wildman–Crippen LogP) is 4.42. The molecule has 4 N–H and O–H groups in total. The van der Waals surface area contributed by atoms with Gasteiger partial charge < -0.3 is 16.4 Å². The first-order chi connectivity index (χ1) is 9.95. The molecule has 21 heavy (non-hydrogen) atoms. The van der Waals surface area contributed by atoms with E-state index in [2.05, 4.69) is 52.5 Å². The first kappa shape index (κ1) is 15.4. The highest BCUT2D eigenvalue weighted by molar-refractivity contribution is 9.10. The number of nitrogens with one attached hydrogen (secondary N) is 2. The van der Waals surface area contributed by atoms with E-state index in [9.17, 15) is 4.79 Å². The Morgan fingerprint density at radius 3 is 2.43 bits per heavy atom. The van der Waals surface area contributed by atoms with Crippen molar-refractivity contribution in [2.75, 3.05) is 10.6 Å². The van der Waals surface area contributed by atoms with E-state index in [0.717, 1.165) is 15.7 Å². The zero-order valence-corrected chi connectivity index (χ0v) is 13.6. The second-order valence-corrected chi connectivity index (χ2v) is 5.85. The zero-order valence-electron chi connectivity index (χ0n) is 12.0. The fourth-order valence-electron chi connectivity index (χ4n) is 2.10. The first-order valence-corrected chi connectivity index (χ1v) is 7.44. The van der Waals surface area contributed by atoms with Crippen molar-refractivity contribution < 1.29 is 4.79 Å². The number of hydrogen-bond donors (Lipinski definition) is 3. The van der Waals surface area contributed by atoms with E-state index in [1.165, 1.54) is 5.56 Å². The highest BCUT2D eigenvalue weighted by Crippen LogP contribution is 2.25. The number of halogens is 1. The van der Waals surface area contributed by atoms with Gasteiger partial charge in [0.2, 0.25) is 0 Å². The Balaban J connectivity index is 2.09. The van der Waals surface area contributed by atoms with E-state index < -0.39 is 6.03 Å². The number of amides is 2. The fraction of sp³-hybridized carbons (Fsp3) is 0.188. The van der Waals surface area contributed by atoms with Crippen LogP contribution in [0, 0.1) is 6.92 Å². The zero-order chi connectivity index (χ0) is 15.4. The Bertz CT molecular complexity index is 640. The minimum absolute atomic E-state index is 0.160. The van der Waals surface area contributed by atoms with Gasteiger partial charge in [0.05, 0.1) is 0 Å². The lowest BCUT2D eigenvalue weighted by molar-refractivity contribution is 0.259. The van der Waals surface area contributed by atoms with Crippen LogP contribution < -0.4 is 16.4 Å². The third-order valence-corrected chi connectivity index (χ3v) is 3.73. The molecule has 4 nitrogen and oxygen atoms in total. The van der Waals surface area contributed by atoms with Gasteiger partial charge in [-0.25, -0.2) is 4.79 Å². The Morgan fingerprint density at radius 2 is 1.86 bits per heavy atom. The number of aryl methyl sites for hydroxylation is 1. The van der Waals surface area contributed by atoms with Crippen molar-refractivity contribution in [1.82, 2.24) is 0 Å². The van der Waals surface area contributed by atoms with Crippen LogP contribution in [-0.2, 0) is 0 Å². The number of rotatable bonds is 4. The molecule has 0 heterocycles. The second-order valence-electron chi connectivity index (χ2n) is 4.94. The van der Waals surface area contributed by atoms with Gasteiger partial charge in [-0.3, -0.25) is 0 Å². The third kappa shape index (κ3) is 4.23. The minimum Gasteiger partial charge on any atom is -0.378 e. The van der Waals surface area contributed by atoms with Gasteiger partial charge in [-0.1, -0.05) is 28.1 Å². The molecule has 0 fully saturated rings. The molecule has 1 atom stereocenters. The molecule has 2 amide bonds. The molecule has 5 heteroatoms. The van der Waals surface area contributed by atoms with Crippen LogP contribution in [0.2, 0.25) is 0 Å². The Kier molecular flexibility index (Phi) is 4.85. The number of hydrogen-bond acceptors (Lipinski definition) is 2. The van der Waals surface area contributed by atoms with Crippen LogP contribution in [0.3, 0.4) is 0 Å². The summed E-state index contributed by atoms with van der Waals surface area (Å²) in [7, 11) is 0. The van der Waals surface area contributed by atoms with E-state index in [1.54, 1.807) is 0 Å². The lowest BCUT2D eigenvalue weighted by Gasteiger charge is -2.18. The summed E-state index contributed by atoms with van der Waals surface area (Å²) in [6.45, 7) is 4.16. The van der Waals surface area contributed by atoms with Crippen molar-refractivity contribution in [2.24, 2.45) is 5.73 Å². The summed E-state index contributed by atoms with van der Waals surface area (Å²) in [5, 5.41) is 6.03. The molecule has 1 unspecified atom stereocenters. The summed E-state index contributed by atoms with van der Waals surface area (Å²) in [5.74, 6) is 0. The van der Waals surface area contributed by atoms with Gasteiger partial charge in [-0.2, -0.15) is 0 Å². The van der Waals surface area contributed by atoms with Crippen LogP contribution in [0.5, 0.6) is 0 Å². The number of carbonyl (C=O) groups is 1. The van der Waals surface area contributed by atoms with Gasteiger partial charge >= 0.3 is 6.03 Å². The molecule has 2 aromatic rings. The number of anilines is 2. The van der Waals surface area contributed by atoms with Crippen molar-refractivity contribution in [1.29, 1.82) is 0 Å². The molecule has 0 saturated carbocycles. The summed E-state index contributed by atoms with van der Waals surface area (Å²) < 4.78 is 1.07. The number of benzene rings is 2. The maximum atomic E-state index is 10.8. The molecular formula is C16H18BrN3O. The van der Waals surface area contributed by atoms with Crippen LogP contribution in [0.1, 0.15) is 24.1 Å². The quantitative estimate of drug-likeness (QED) is 0.766. The Hall–Kier alpha value is -2.01. The maximum Gasteiger partial charge on any atom is 0.316 e. The summed E-state index contributed by atoms with van der Waals surface area (Å²) in [6, 6.07) is 13.4. The lowest BCUT2D eigenvalue weighted by Crippen LogP contribution is -2.19. The molecule has 0 radical (unpaired) electrons. The molecule has 0 aliphatic heterocycles. The van der Waals surface area contributed by atoms with Gasteiger partial charge in [0, 0.05) is 21.9 Å². The maximum absolute atomic E-state index is 10.8. The number of nitrogens with two attached hydrogens (primary N) is 1. The number of primary amides is 1. The van der Waals surface area contributed by atoms with E-state index in [-0.39, 0.29) is 6.04 Å². The topological polar surface area (TPSA) is 67.2 Å². The molecule has 0 saturated heterocycles. The van der Waals surface area contributed by atoms with Gasteiger partial charge in [-0.05, 0) is 55.3 Å². The fourth-order valence-corrected chi connectivity index (χ4v) is 2.58. The van der Waals surface area contributed by atoms with Crippen LogP contribution in [-0.4, -0.2) is 6.03 Å². The van der Waals surface area contributed by atoms with Crippen molar-refractivity contribution in [3.05, 3.63) is 58.1 Å². The predicted molar refractivity (Wildman–Crippen MR) is 90.6 cm³/mol. The summed E-state index contributed by atoms with van der Waals surface area (Å²) in [5.41, 5.74) is 9.20. The van der Waals surface area contributed by atoms with Crippen molar-refractivity contribution in [3.63, 3.8) is 0 Å². The van der Waals surface area contributed by atoms with Crippen LogP contribution in [0.4, 0.5) is 16.2 Å². The second kappa shape index (κ2) is 6.63. The van der Waals surface area contributed by atoms with E-state index in [1.807, 2.05) is 30.3 Å². The normalized spacial score (nSPS) is 11.8. The number of urea groups is 1. The molecule has 0 spiro atoms. The summed E-state index contributed by atoms with van der Waals surface area (Å²) in [4.78, 5) is 10.8. The molecular weight excluding hydrogens is 330 g/mol. The van der Waals surface area contributed by atoms with Gasteiger partial charge in [0.1, 0.15) is 0 Å². The molecule has 0 aliphatic carbocycles. The van der Waals surface area contributed by atoms with E-state index in [4.69, 9.17) is 5.73 Å². The molecule has 2 aromatic carbocycles. The Labute approximate surface area is 132 Å². The van der Waals surface area contributed by atoms with Gasteiger partial charge in [0.15, 0.2) is 0 Å². The third-order valence-electron chi connectivity index (χ3n) is 3.24. The molecule has 0 aromatic heterocycles. The van der Waals surface area contributed by atoms with Crippen LogP contribution in [0.15, 0.2) is 46.9 Å². The minimum atomic E-state index is -0.556. The Morgan fingerprint density at radius 1 is 1.19 bits per heavy atom. The van der Waals surface area contributed by atoms with Crippen molar-refractivity contribution >= 4 is 33.3 Å². The lowest BCUT2D eigenvalue weighted by atomic mass is 10.1. The van der Waals surface area contributed by atoms with Gasteiger partial charge in [0.25, 0.3) is 0 Å². The highest BCUT2D eigenvalue weighted by Gasteiger charge is 2.07. The summed E-state index contributed by atoms with van der Waals surface area (Å²) in [6.07, 6.45) is 0. The van der Waals surface area contributed by atoms with Crippen LogP contribution >= 0.6 is 15.9 Å². The SMILES string of the molecule is Cc1cc(Br)ccc1NC(C)c1ccc(NC(N)=O)cc1. The molecule has 0 bridgehead atoms.